The predicted molar refractivity (Wildman–Crippen MR) is 73.7 cm³/mol. The van der Waals surface area contributed by atoms with Crippen molar-refractivity contribution in [1.82, 2.24) is 4.90 Å². The zero-order valence-electron chi connectivity index (χ0n) is 12.9. The molecule has 0 aromatic rings. The van der Waals surface area contributed by atoms with E-state index in [9.17, 15) is 14.4 Å². The first-order chi connectivity index (χ1) is 9.96. The van der Waals surface area contributed by atoms with Crippen molar-refractivity contribution in [2.24, 2.45) is 5.92 Å². The molecule has 4 atom stereocenters. The summed E-state index contributed by atoms with van der Waals surface area (Å²) in [4.78, 5) is 36.3. The topological polar surface area (TPSA) is 82.1 Å². The SMILES string of the molecule is COCO[C@H]1C[C@H](C=O)[C@@H](CC(C)=O)N(C(=O)OC)[C@H]1C. The lowest BCUT2D eigenvalue weighted by molar-refractivity contribution is -0.140. The second-order valence-electron chi connectivity index (χ2n) is 5.24. The Balaban J connectivity index is 3.02. The molecule has 0 unspecified atom stereocenters. The van der Waals surface area contributed by atoms with E-state index in [1.165, 1.54) is 26.0 Å². The zero-order chi connectivity index (χ0) is 16.0. The summed E-state index contributed by atoms with van der Waals surface area (Å²) in [6.07, 6.45) is 0.437. The fourth-order valence-corrected chi connectivity index (χ4v) is 2.77. The fraction of sp³-hybridized carbons (Fsp3) is 0.786. The van der Waals surface area contributed by atoms with E-state index < -0.39 is 18.1 Å². The third-order valence-electron chi connectivity index (χ3n) is 3.79. The molecule has 21 heavy (non-hydrogen) atoms. The largest absolute Gasteiger partial charge is 0.453 e. The Kier molecular flexibility index (Phi) is 6.77. The van der Waals surface area contributed by atoms with Crippen LogP contribution in [0.3, 0.4) is 0 Å². The van der Waals surface area contributed by atoms with Crippen molar-refractivity contribution in [3.63, 3.8) is 0 Å². The van der Waals surface area contributed by atoms with Gasteiger partial charge in [-0.3, -0.25) is 9.69 Å². The number of rotatable bonds is 6. The van der Waals surface area contributed by atoms with E-state index in [0.717, 1.165) is 6.29 Å². The van der Waals surface area contributed by atoms with Crippen LogP contribution in [0, 0.1) is 5.92 Å². The smallest absolute Gasteiger partial charge is 0.410 e. The Morgan fingerprint density at radius 2 is 2.00 bits per heavy atom. The molecule has 1 fully saturated rings. The number of carbonyl (C=O) groups excluding carboxylic acids is 3. The maximum atomic E-state index is 12.0. The van der Waals surface area contributed by atoms with Gasteiger partial charge in [0.05, 0.1) is 25.3 Å². The summed E-state index contributed by atoms with van der Waals surface area (Å²) in [5, 5.41) is 0. The Labute approximate surface area is 124 Å². The molecule has 0 N–H and O–H groups in total. The van der Waals surface area contributed by atoms with Crippen molar-refractivity contribution in [3.8, 4) is 0 Å². The molecule has 1 heterocycles. The monoisotopic (exact) mass is 301 g/mol. The van der Waals surface area contributed by atoms with Gasteiger partial charge in [-0.25, -0.2) is 4.79 Å². The van der Waals surface area contributed by atoms with E-state index in [1.807, 2.05) is 6.92 Å². The van der Waals surface area contributed by atoms with Gasteiger partial charge in [0.1, 0.15) is 18.9 Å². The summed E-state index contributed by atoms with van der Waals surface area (Å²) in [5.74, 6) is -0.546. The van der Waals surface area contributed by atoms with E-state index in [0.29, 0.717) is 6.42 Å². The molecule has 1 amide bonds. The van der Waals surface area contributed by atoms with Crippen LogP contribution in [0.5, 0.6) is 0 Å². The van der Waals surface area contributed by atoms with Gasteiger partial charge in [0.15, 0.2) is 0 Å². The number of carbonyl (C=O) groups is 3. The first kappa shape index (κ1) is 17.6. The molecule has 0 saturated carbocycles. The molecule has 7 heteroatoms. The molecule has 0 aromatic heterocycles. The van der Waals surface area contributed by atoms with E-state index in [4.69, 9.17) is 14.2 Å². The molecule has 120 valence electrons. The highest BCUT2D eigenvalue weighted by Crippen LogP contribution is 2.31. The van der Waals surface area contributed by atoms with Crippen LogP contribution < -0.4 is 0 Å². The minimum absolute atomic E-state index is 0.0764. The molecule has 0 aromatic carbocycles. The fourth-order valence-electron chi connectivity index (χ4n) is 2.77. The number of piperidine rings is 1. The molecule has 7 nitrogen and oxygen atoms in total. The molecule has 1 rings (SSSR count). The van der Waals surface area contributed by atoms with Gasteiger partial charge < -0.3 is 19.0 Å². The van der Waals surface area contributed by atoms with Crippen LogP contribution in [-0.2, 0) is 23.8 Å². The third-order valence-corrected chi connectivity index (χ3v) is 3.79. The zero-order valence-corrected chi connectivity index (χ0v) is 12.9. The van der Waals surface area contributed by atoms with Crippen molar-refractivity contribution in [3.05, 3.63) is 0 Å². The van der Waals surface area contributed by atoms with Crippen LogP contribution in [-0.4, -0.2) is 62.3 Å². The highest BCUT2D eigenvalue weighted by Gasteiger charge is 2.44. The molecule has 1 saturated heterocycles. The molecular formula is C14H23NO6. The lowest BCUT2D eigenvalue weighted by atomic mass is 9.83. The van der Waals surface area contributed by atoms with E-state index in [1.54, 1.807) is 0 Å². The average molecular weight is 301 g/mol. The number of hydrogen-bond acceptors (Lipinski definition) is 6. The maximum absolute atomic E-state index is 12.0. The third kappa shape index (κ3) is 4.25. The Bertz CT molecular complexity index is 386. The van der Waals surface area contributed by atoms with Gasteiger partial charge in [-0.1, -0.05) is 0 Å². The predicted octanol–water partition coefficient (Wildman–Crippen LogP) is 0.999. The van der Waals surface area contributed by atoms with E-state index in [2.05, 4.69) is 0 Å². The number of methoxy groups -OCH3 is 2. The van der Waals surface area contributed by atoms with Crippen LogP contribution in [0.2, 0.25) is 0 Å². The molecule has 0 aliphatic carbocycles. The van der Waals surface area contributed by atoms with Crippen molar-refractivity contribution in [2.45, 2.75) is 44.9 Å². The number of likely N-dealkylation sites (tertiary alicyclic amines) is 1. The quantitative estimate of drug-likeness (QED) is 0.537. The Hall–Kier alpha value is -1.47. The number of amides is 1. The Morgan fingerprint density at radius 1 is 1.33 bits per heavy atom. The number of nitrogens with zero attached hydrogens (tertiary/aromatic N) is 1. The molecule has 0 spiro atoms. The first-order valence-corrected chi connectivity index (χ1v) is 6.87. The van der Waals surface area contributed by atoms with Gasteiger partial charge in [0, 0.05) is 19.4 Å². The molecule has 1 aliphatic heterocycles. The lowest BCUT2D eigenvalue weighted by Crippen LogP contribution is -2.59. The normalized spacial score (nSPS) is 29.0. The average Bonchev–Trinajstić information content (AvgIpc) is 2.45. The number of ether oxygens (including phenoxy) is 3. The molecular weight excluding hydrogens is 278 g/mol. The van der Waals surface area contributed by atoms with E-state index >= 15 is 0 Å². The molecule has 1 aliphatic rings. The van der Waals surface area contributed by atoms with Crippen molar-refractivity contribution < 1.29 is 28.6 Å². The van der Waals surface area contributed by atoms with Crippen LogP contribution in [0.25, 0.3) is 0 Å². The van der Waals surface area contributed by atoms with Crippen LogP contribution in [0.4, 0.5) is 4.79 Å². The second-order valence-corrected chi connectivity index (χ2v) is 5.24. The van der Waals surface area contributed by atoms with Gasteiger partial charge >= 0.3 is 6.09 Å². The van der Waals surface area contributed by atoms with Crippen LogP contribution in [0.1, 0.15) is 26.7 Å². The van der Waals surface area contributed by atoms with Crippen molar-refractivity contribution in [2.75, 3.05) is 21.0 Å². The van der Waals surface area contributed by atoms with Gasteiger partial charge in [0.2, 0.25) is 0 Å². The Morgan fingerprint density at radius 3 is 2.48 bits per heavy atom. The summed E-state index contributed by atoms with van der Waals surface area (Å²) in [5.41, 5.74) is 0. The summed E-state index contributed by atoms with van der Waals surface area (Å²) >= 11 is 0. The number of Topliss-reactive ketones (excluding diaryl/α,β-unsaturated/α-hetero) is 1. The van der Waals surface area contributed by atoms with Crippen LogP contribution in [0.15, 0.2) is 0 Å². The lowest BCUT2D eigenvalue weighted by Gasteiger charge is -2.46. The number of hydrogen-bond donors (Lipinski definition) is 0. The summed E-state index contributed by atoms with van der Waals surface area (Å²) in [6, 6.07) is -0.807. The van der Waals surface area contributed by atoms with Gasteiger partial charge in [-0.15, -0.1) is 0 Å². The maximum Gasteiger partial charge on any atom is 0.410 e. The highest BCUT2D eigenvalue weighted by molar-refractivity contribution is 5.78. The van der Waals surface area contributed by atoms with Gasteiger partial charge in [0.25, 0.3) is 0 Å². The standard InChI is InChI=1S/C14H23NO6/c1-9(17)5-12-11(7-16)6-13(21-8-19-3)10(2)15(12)14(18)20-4/h7,10-13H,5-6,8H2,1-4H3/t10-,11+,12+,13-/m0/s1. The minimum Gasteiger partial charge on any atom is -0.453 e. The van der Waals surface area contributed by atoms with Gasteiger partial charge in [-0.2, -0.15) is 0 Å². The summed E-state index contributed by atoms with van der Waals surface area (Å²) in [7, 11) is 2.77. The minimum atomic E-state index is -0.564. The summed E-state index contributed by atoms with van der Waals surface area (Å²) < 4.78 is 15.2. The van der Waals surface area contributed by atoms with Crippen molar-refractivity contribution >= 4 is 18.2 Å². The molecule has 0 radical (unpaired) electrons. The molecule has 0 bridgehead atoms. The number of ketones is 1. The van der Waals surface area contributed by atoms with E-state index in [-0.39, 0.29) is 31.1 Å². The van der Waals surface area contributed by atoms with Crippen molar-refractivity contribution in [1.29, 1.82) is 0 Å². The van der Waals surface area contributed by atoms with Crippen LogP contribution >= 0.6 is 0 Å². The summed E-state index contributed by atoms with van der Waals surface area (Å²) in [6.45, 7) is 3.33. The second kappa shape index (κ2) is 8.09. The first-order valence-electron chi connectivity index (χ1n) is 6.87. The number of aldehydes is 1. The van der Waals surface area contributed by atoms with Gasteiger partial charge in [-0.05, 0) is 20.3 Å². The highest BCUT2D eigenvalue weighted by atomic mass is 16.7.